The van der Waals surface area contributed by atoms with Crippen LogP contribution in [0, 0.1) is 0 Å². The fourth-order valence-corrected chi connectivity index (χ4v) is 2.83. The first kappa shape index (κ1) is 13.9. The lowest BCUT2D eigenvalue weighted by Crippen LogP contribution is -2.00. The molecule has 0 heterocycles. The third kappa shape index (κ3) is 4.36. The standard InChI is InChI=1S/C12H17BrO2S/c1-9(5-6-14)16-8-10-7-11(15-2)3-4-12(10)13/h3-4,7,9,14H,5-6,8H2,1-2H3. The molecule has 1 aromatic carbocycles. The van der Waals surface area contributed by atoms with Gasteiger partial charge in [-0.15, -0.1) is 0 Å². The Kier molecular flexibility index (Phi) is 6.24. The molecule has 0 aromatic heterocycles. The van der Waals surface area contributed by atoms with Crippen molar-refractivity contribution in [2.75, 3.05) is 13.7 Å². The SMILES string of the molecule is COc1ccc(Br)c(CSC(C)CCO)c1. The number of aliphatic hydroxyl groups is 1. The number of aliphatic hydroxyl groups excluding tert-OH is 1. The lowest BCUT2D eigenvalue weighted by molar-refractivity contribution is 0.289. The minimum absolute atomic E-state index is 0.257. The van der Waals surface area contributed by atoms with Crippen LogP contribution in [0.25, 0.3) is 0 Å². The molecule has 0 saturated heterocycles. The van der Waals surface area contributed by atoms with Crippen LogP contribution in [-0.2, 0) is 5.75 Å². The average molecular weight is 305 g/mol. The molecule has 2 nitrogen and oxygen atoms in total. The summed E-state index contributed by atoms with van der Waals surface area (Å²) in [5, 5.41) is 9.30. The Morgan fingerprint density at radius 2 is 2.25 bits per heavy atom. The molecule has 1 N–H and O–H groups in total. The minimum atomic E-state index is 0.257. The summed E-state index contributed by atoms with van der Waals surface area (Å²) in [5.41, 5.74) is 1.23. The highest BCUT2D eigenvalue weighted by Gasteiger charge is 2.06. The van der Waals surface area contributed by atoms with Gasteiger partial charge in [-0.1, -0.05) is 22.9 Å². The number of rotatable bonds is 6. The maximum Gasteiger partial charge on any atom is 0.119 e. The van der Waals surface area contributed by atoms with Crippen molar-refractivity contribution in [1.82, 2.24) is 0 Å². The molecular formula is C12H17BrO2S. The van der Waals surface area contributed by atoms with Crippen molar-refractivity contribution < 1.29 is 9.84 Å². The molecule has 4 heteroatoms. The molecule has 0 radical (unpaired) electrons. The van der Waals surface area contributed by atoms with E-state index in [9.17, 15) is 0 Å². The Morgan fingerprint density at radius 3 is 2.88 bits per heavy atom. The van der Waals surface area contributed by atoms with Crippen molar-refractivity contribution in [1.29, 1.82) is 0 Å². The summed E-state index contributed by atoms with van der Waals surface area (Å²) >= 11 is 5.37. The van der Waals surface area contributed by atoms with Crippen molar-refractivity contribution in [2.45, 2.75) is 24.3 Å². The lowest BCUT2D eigenvalue weighted by Gasteiger charge is -2.11. The zero-order valence-electron chi connectivity index (χ0n) is 9.57. The van der Waals surface area contributed by atoms with Gasteiger partial charge >= 0.3 is 0 Å². The summed E-state index contributed by atoms with van der Waals surface area (Å²) < 4.78 is 6.30. The molecule has 0 bridgehead atoms. The van der Waals surface area contributed by atoms with E-state index >= 15 is 0 Å². The summed E-state index contributed by atoms with van der Waals surface area (Å²) in [4.78, 5) is 0. The molecule has 0 spiro atoms. The minimum Gasteiger partial charge on any atom is -0.497 e. The van der Waals surface area contributed by atoms with Gasteiger partial charge in [-0.05, 0) is 30.2 Å². The number of hydrogen-bond acceptors (Lipinski definition) is 3. The van der Waals surface area contributed by atoms with Gasteiger partial charge in [-0.25, -0.2) is 0 Å². The van der Waals surface area contributed by atoms with E-state index in [1.54, 1.807) is 7.11 Å². The Balaban J connectivity index is 2.58. The van der Waals surface area contributed by atoms with Crippen molar-refractivity contribution in [3.8, 4) is 5.75 Å². The molecule has 90 valence electrons. The van der Waals surface area contributed by atoms with Crippen molar-refractivity contribution in [3.05, 3.63) is 28.2 Å². The van der Waals surface area contributed by atoms with Crippen LogP contribution in [0.1, 0.15) is 18.9 Å². The second kappa shape index (κ2) is 7.20. The van der Waals surface area contributed by atoms with Crippen LogP contribution < -0.4 is 4.74 Å². The zero-order chi connectivity index (χ0) is 12.0. The summed E-state index contributed by atoms with van der Waals surface area (Å²) in [7, 11) is 1.68. The van der Waals surface area contributed by atoms with E-state index in [-0.39, 0.29) is 6.61 Å². The smallest absolute Gasteiger partial charge is 0.119 e. The fourth-order valence-electron chi connectivity index (χ4n) is 1.29. The second-order valence-electron chi connectivity index (χ2n) is 3.59. The van der Waals surface area contributed by atoms with Crippen LogP contribution in [0.15, 0.2) is 22.7 Å². The van der Waals surface area contributed by atoms with Crippen LogP contribution in [-0.4, -0.2) is 24.1 Å². The van der Waals surface area contributed by atoms with E-state index in [4.69, 9.17) is 9.84 Å². The summed E-state index contributed by atoms with van der Waals surface area (Å²) in [6.07, 6.45) is 0.840. The number of halogens is 1. The molecule has 0 saturated carbocycles. The van der Waals surface area contributed by atoms with E-state index in [2.05, 4.69) is 22.9 Å². The highest BCUT2D eigenvalue weighted by Crippen LogP contribution is 2.28. The Morgan fingerprint density at radius 1 is 1.50 bits per heavy atom. The van der Waals surface area contributed by atoms with Gasteiger partial charge in [-0.3, -0.25) is 0 Å². The number of ether oxygens (including phenoxy) is 1. The molecule has 16 heavy (non-hydrogen) atoms. The fraction of sp³-hybridized carbons (Fsp3) is 0.500. The van der Waals surface area contributed by atoms with Gasteiger partial charge in [0.25, 0.3) is 0 Å². The molecule has 1 atom stereocenters. The Bertz CT molecular complexity index is 331. The number of thioether (sulfide) groups is 1. The molecule has 0 fully saturated rings. The van der Waals surface area contributed by atoms with Crippen LogP contribution in [0.4, 0.5) is 0 Å². The topological polar surface area (TPSA) is 29.5 Å². The van der Waals surface area contributed by atoms with E-state index < -0.39 is 0 Å². The zero-order valence-corrected chi connectivity index (χ0v) is 12.0. The van der Waals surface area contributed by atoms with Gasteiger partial charge in [-0.2, -0.15) is 11.8 Å². The normalized spacial score (nSPS) is 12.5. The molecule has 1 unspecified atom stereocenters. The number of methoxy groups -OCH3 is 1. The average Bonchev–Trinajstić information content (AvgIpc) is 2.28. The van der Waals surface area contributed by atoms with E-state index in [0.717, 1.165) is 22.4 Å². The first-order chi connectivity index (χ1) is 7.67. The van der Waals surface area contributed by atoms with Crippen LogP contribution in [0.3, 0.4) is 0 Å². The summed E-state index contributed by atoms with van der Waals surface area (Å²) in [6, 6.07) is 5.99. The highest BCUT2D eigenvalue weighted by atomic mass is 79.9. The van der Waals surface area contributed by atoms with Gasteiger partial charge < -0.3 is 9.84 Å². The molecule has 0 amide bonds. The van der Waals surface area contributed by atoms with E-state index in [0.29, 0.717) is 5.25 Å². The third-order valence-corrected chi connectivity index (χ3v) is 4.37. The highest BCUT2D eigenvalue weighted by molar-refractivity contribution is 9.10. The molecular weight excluding hydrogens is 288 g/mol. The van der Waals surface area contributed by atoms with Crippen molar-refractivity contribution >= 4 is 27.7 Å². The van der Waals surface area contributed by atoms with Gasteiger partial charge in [0.1, 0.15) is 5.75 Å². The second-order valence-corrected chi connectivity index (χ2v) is 5.87. The van der Waals surface area contributed by atoms with E-state index in [1.165, 1.54) is 5.56 Å². The van der Waals surface area contributed by atoms with Crippen molar-refractivity contribution in [2.24, 2.45) is 0 Å². The summed E-state index contributed by atoms with van der Waals surface area (Å²) in [6.45, 7) is 2.39. The predicted octanol–water partition coefficient (Wildman–Crippen LogP) is 3.46. The Hall–Kier alpha value is -0.190. The van der Waals surface area contributed by atoms with Gasteiger partial charge in [0.15, 0.2) is 0 Å². The molecule has 0 aliphatic carbocycles. The molecule has 0 aliphatic heterocycles. The van der Waals surface area contributed by atoms with Gasteiger partial charge in [0.2, 0.25) is 0 Å². The summed E-state index contributed by atoms with van der Waals surface area (Å²) in [5.74, 6) is 1.81. The molecule has 1 aromatic rings. The Labute approximate surface area is 110 Å². The quantitative estimate of drug-likeness (QED) is 0.873. The van der Waals surface area contributed by atoms with Crippen LogP contribution in [0.2, 0.25) is 0 Å². The van der Waals surface area contributed by atoms with Crippen LogP contribution >= 0.6 is 27.7 Å². The largest absolute Gasteiger partial charge is 0.497 e. The molecule has 1 rings (SSSR count). The maximum atomic E-state index is 8.83. The maximum absolute atomic E-state index is 8.83. The van der Waals surface area contributed by atoms with Crippen molar-refractivity contribution in [3.63, 3.8) is 0 Å². The van der Waals surface area contributed by atoms with E-state index in [1.807, 2.05) is 30.0 Å². The van der Waals surface area contributed by atoms with Gasteiger partial charge in [0, 0.05) is 22.1 Å². The first-order valence-corrected chi connectivity index (χ1v) is 7.06. The first-order valence-electron chi connectivity index (χ1n) is 5.22. The third-order valence-electron chi connectivity index (χ3n) is 2.31. The lowest BCUT2D eigenvalue weighted by atomic mass is 10.2. The monoisotopic (exact) mass is 304 g/mol. The predicted molar refractivity (Wildman–Crippen MR) is 73.2 cm³/mol. The van der Waals surface area contributed by atoms with Crippen LogP contribution in [0.5, 0.6) is 5.75 Å². The van der Waals surface area contributed by atoms with Gasteiger partial charge in [0.05, 0.1) is 7.11 Å². The number of benzene rings is 1. The molecule has 0 aliphatic rings. The number of hydrogen-bond donors (Lipinski definition) is 1.